The van der Waals surface area contributed by atoms with E-state index < -0.39 is 0 Å². The lowest BCUT2D eigenvalue weighted by atomic mass is 10.0. The third kappa shape index (κ3) is 8.00. The monoisotopic (exact) mass is 186 g/mol. The van der Waals surface area contributed by atoms with Gasteiger partial charge in [0.15, 0.2) is 0 Å². The number of rotatable bonds is 7. The molecule has 78 valence electrons. The highest BCUT2D eigenvalue weighted by atomic mass is 16.5. The van der Waals surface area contributed by atoms with Crippen LogP contribution in [0, 0.1) is 5.92 Å². The van der Waals surface area contributed by atoms with E-state index in [1.165, 1.54) is 6.42 Å². The van der Waals surface area contributed by atoms with Crippen molar-refractivity contribution in [2.45, 2.75) is 39.2 Å². The Morgan fingerprint density at radius 3 is 2.38 bits per heavy atom. The summed E-state index contributed by atoms with van der Waals surface area (Å²) < 4.78 is 5.31. The molecule has 0 saturated heterocycles. The molecular weight excluding hydrogens is 164 g/mol. The fourth-order valence-electron chi connectivity index (χ4n) is 1.17. The maximum atomic E-state index is 8.54. The lowest BCUT2D eigenvalue weighted by molar-refractivity contribution is 0.0926. The van der Waals surface area contributed by atoms with Gasteiger partial charge in [-0.05, 0) is 25.2 Å². The summed E-state index contributed by atoms with van der Waals surface area (Å²) in [7, 11) is 1.75. The zero-order valence-electron chi connectivity index (χ0n) is 8.99. The SMILES string of the molecule is COC(CC=CCO)CCC(C)C. The summed E-state index contributed by atoms with van der Waals surface area (Å²) in [5.74, 6) is 0.736. The first-order chi connectivity index (χ1) is 6.20. The molecule has 13 heavy (non-hydrogen) atoms. The van der Waals surface area contributed by atoms with Gasteiger partial charge >= 0.3 is 0 Å². The fourth-order valence-corrected chi connectivity index (χ4v) is 1.17. The van der Waals surface area contributed by atoms with Crippen LogP contribution in [-0.2, 0) is 4.74 Å². The lowest BCUT2D eigenvalue weighted by Crippen LogP contribution is -2.10. The van der Waals surface area contributed by atoms with E-state index in [1.54, 1.807) is 13.2 Å². The molecule has 0 amide bonds. The van der Waals surface area contributed by atoms with Crippen LogP contribution in [0.3, 0.4) is 0 Å². The standard InChI is InChI=1S/C11H22O2/c1-10(2)7-8-11(13-3)6-4-5-9-12/h4-5,10-12H,6-9H2,1-3H3. The van der Waals surface area contributed by atoms with Gasteiger partial charge in [0.1, 0.15) is 0 Å². The largest absolute Gasteiger partial charge is 0.392 e. The second kappa shape index (κ2) is 8.27. The molecule has 1 N–H and O–H groups in total. The number of methoxy groups -OCH3 is 1. The van der Waals surface area contributed by atoms with Crippen LogP contribution < -0.4 is 0 Å². The van der Waals surface area contributed by atoms with Crippen LogP contribution in [0.2, 0.25) is 0 Å². The van der Waals surface area contributed by atoms with Gasteiger partial charge in [0.2, 0.25) is 0 Å². The molecule has 0 heterocycles. The molecule has 0 aliphatic carbocycles. The van der Waals surface area contributed by atoms with Gasteiger partial charge < -0.3 is 9.84 Å². The van der Waals surface area contributed by atoms with E-state index in [4.69, 9.17) is 9.84 Å². The second-order valence-electron chi connectivity index (χ2n) is 3.72. The van der Waals surface area contributed by atoms with Crippen LogP contribution in [-0.4, -0.2) is 24.9 Å². The Bertz CT molecular complexity index is 130. The molecule has 0 rings (SSSR count). The second-order valence-corrected chi connectivity index (χ2v) is 3.72. The van der Waals surface area contributed by atoms with E-state index in [1.807, 2.05) is 6.08 Å². The van der Waals surface area contributed by atoms with Crippen molar-refractivity contribution in [3.8, 4) is 0 Å². The van der Waals surface area contributed by atoms with E-state index in [-0.39, 0.29) is 6.61 Å². The normalized spacial score (nSPS) is 14.2. The van der Waals surface area contributed by atoms with Crippen LogP contribution in [0.25, 0.3) is 0 Å². The molecule has 2 heteroatoms. The summed E-state index contributed by atoms with van der Waals surface area (Å²) in [6.45, 7) is 4.56. The Morgan fingerprint density at radius 2 is 1.92 bits per heavy atom. The Balaban J connectivity index is 3.56. The number of hydrogen-bond acceptors (Lipinski definition) is 2. The van der Waals surface area contributed by atoms with Crippen LogP contribution in [0.5, 0.6) is 0 Å². The van der Waals surface area contributed by atoms with E-state index in [9.17, 15) is 0 Å². The van der Waals surface area contributed by atoms with Gasteiger partial charge in [0, 0.05) is 7.11 Å². The molecule has 1 unspecified atom stereocenters. The van der Waals surface area contributed by atoms with Gasteiger partial charge in [0.05, 0.1) is 12.7 Å². The summed E-state index contributed by atoms with van der Waals surface area (Å²) in [6, 6.07) is 0. The van der Waals surface area contributed by atoms with Crippen molar-refractivity contribution in [3.63, 3.8) is 0 Å². The lowest BCUT2D eigenvalue weighted by Gasteiger charge is -2.14. The average molecular weight is 186 g/mol. The number of hydrogen-bond donors (Lipinski definition) is 1. The molecule has 1 atom stereocenters. The third-order valence-corrected chi connectivity index (χ3v) is 2.07. The molecule has 0 spiro atoms. The van der Waals surface area contributed by atoms with Crippen LogP contribution in [0.15, 0.2) is 12.2 Å². The fraction of sp³-hybridized carbons (Fsp3) is 0.818. The molecule has 0 fully saturated rings. The smallest absolute Gasteiger partial charge is 0.0612 e. The molecule has 0 aliphatic rings. The molecule has 0 aliphatic heterocycles. The third-order valence-electron chi connectivity index (χ3n) is 2.07. The zero-order valence-corrected chi connectivity index (χ0v) is 8.99. The zero-order chi connectivity index (χ0) is 10.1. The molecule has 0 bridgehead atoms. The van der Waals surface area contributed by atoms with Crippen molar-refractivity contribution in [2.75, 3.05) is 13.7 Å². The minimum Gasteiger partial charge on any atom is -0.392 e. The van der Waals surface area contributed by atoms with Crippen LogP contribution in [0.4, 0.5) is 0 Å². The molecule has 0 aromatic carbocycles. The predicted molar refractivity (Wildman–Crippen MR) is 55.7 cm³/mol. The van der Waals surface area contributed by atoms with Gasteiger partial charge in [-0.3, -0.25) is 0 Å². The molecule has 0 aromatic heterocycles. The minimum absolute atomic E-state index is 0.126. The number of ether oxygens (including phenoxy) is 1. The summed E-state index contributed by atoms with van der Waals surface area (Å²) in [4.78, 5) is 0. The average Bonchev–Trinajstić information content (AvgIpc) is 2.10. The highest BCUT2D eigenvalue weighted by Gasteiger charge is 2.05. The van der Waals surface area contributed by atoms with Crippen molar-refractivity contribution in [2.24, 2.45) is 5.92 Å². The molecule has 2 nitrogen and oxygen atoms in total. The van der Waals surface area contributed by atoms with Gasteiger partial charge in [0.25, 0.3) is 0 Å². The predicted octanol–water partition coefficient (Wildman–Crippen LogP) is 2.38. The molecule has 0 aromatic rings. The molecule has 0 saturated carbocycles. The topological polar surface area (TPSA) is 29.5 Å². The van der Waals surface area contributed by atoms with Crippen molar-refractivity contribution in [1.82, 2.24) is 0 Å². The van der Waals surface area contributed by atoms with Crippen LogP contribution in [0.1, 0.15) is 33.1 Å². The Kier molecular flexibility index (Phi) is 8.05. The van der Waals surface area contributed by atoms with Gasteiger partial charge in [-0.2, -0.15) is 0 Å². The Labute approximate surface area is 81.6 Å². The quantitative estimate of drug-likeness (QED) is 0.618. The Morgan fingerprint density at radius 1 is 1.23 bits per heavy atom. The summed E-state index contributed by atoms with van der Waals surface area (Å²) in [5.41, 5.74) is 0. The highest BCUT2D eigenvalue weighted by Crippen LogP contribution is 2.11. The summed E-state index contributed by atoms with van der Waals surface area (Å²) in [6.07, 6.45) is 7.26. The van der Waals surface area contributed by atoms with Gasteiger partial charge in [-0.25, -0.2) is 0 Å². The highest BCUT2D eigenvalue weighted by molar-refractivity contribution is 4.83. The maximum Gasteiger partial charge on any atom is 0.0612 e. The van der Waals surface area contributed by atoms with Gasteiger partial charge in [-0.15, -0.1) is 0 Å². The number of aliphatic hydroxyl groups excluding tert-OH is 1. The first-order valence-corrected chi connectivity index (χ1v) is 4.99. The van der Waals surface area contributed by atoms with Crippen molar-refractivity contribution >= 4 is 0 Å². The maximum absolute atomic E-state index is 8.54. The van der Waals surface area contributed by atoms with E-state index in [0.717, 1.165) is 18.8 Å². The van der Waals surface area contributed by atoms with Crippen molar-refractivity contribution < 1.29 is 9.84 Å². The van der Waals surface area contributed by atoms with Crippen molar-refractivity contribution in [1.29, 1.82) is 0 Å². The number of aliphatic hydroxyl groups is 1. The minimum atomic E-state index is 0.126. The van der Waals surface area contributed by atoms with E-state index in [0.29, 0.717) is 6.10 Å². The van der Waals surface area contributed by atoms with Crippen molar-refractivity contribution in [3.05, 3.63) is 12.2 Å². The van der Waals surface area contributed by atoms with Gasteiger partial charge in [-0.1, -0.05) is 26.0 Å². The first-order valence-electron chi connectivity index (χ1n) is 4.99. The first kappa shape index (κ1) is 12.7. The summed E-state index contributed by atoms with van der Waals surface area (Å²) in [5, 5.41) is 8.54. The Hall–Kier alpha value is -0.340. The van der Waals surface area contributed by atoms with E-state index in [2.05, 4.69) is 13.8 Å². The molecular formula is C11H22O2. The van der Waals surface area contributed by atoms with E-state index >= 15 is 0 Å². The van der Waals surface area contributed by atoms with Crippen LogP contribution >= 0.6 is 0 Å². The molecule has 0 radical (unpaired) electrons. The summed E-state index contributed by atoms with van der Waals surface area (Å²) >= 11 is 0.